The smallest absolute Gasteiger partial charge is 0.264 e. The molecule has 0 aliphatic rings. The van der Waals surface area contributed by atoms with E-state index in [1.807, 2.05) is 14.0 Å². The number of likely N-dealkylation sites (N-methyl/N-ethyl adjacent to an activating group) is 1. The van der Waals surface area contributed by atoms with Crippen LogP contribution in [-0.4, -0.2) is 23.2 Å². The third kappa shape index (κ3) is 5.26. The number of aromatic nitrogens is 2. The molecule has 1 aromatic carbocycles. The standard InChI is InChI=1S/C13H15BrFN3O2.ClH/c1-8(16-2)5-12-17-13(20-18-12)7-19-11-4-3-9(14)6-10(11)15;/h3-4,6,8,16H,5,7H2,1-2H3;1H. The summed E-state index contributed by atoms with van der Waals surface area (Å²) >= 11 is 3.18. The number of ether oxygens (including phenoxy) is 1. The lowest BCUT2D eigenvalue weighted by atomic mass is 10.2. The Balaban J connectivity index is 0.00000220. The number of benzene rings is 1. The van der Waals surface area contributed by atoms with E-state index >= 15 is 0 Å². The van der Waals surface area contributed by atoms with Crippen LogP contribution >= 0.6 is 28.3 Å². The Hall–Kier alpha value is -1.18. The summed E-state index contributed by atoms with van der Waals surface area (Å²) in [4.78, 5) is 4.19. The molecule has 0 bridgehead atoms. The maximum Gasteiger partial charge on any atom is 0.264 e. The van der Waals surface area contributed by atoms with E-state index in [4.69, 9.17) is 9.26 Å². The van der Waals surface area contributed by atoms with Crippen LogP contribution in [0.3, 0.4) is 0 Å². The molecule has 0 amide bonds. The Morgan fingerprint density at radius 3 is 2.90 bits per heavy atom. The summed E-state index contributed by atoms with van der Waals surface area (Å²) in [6.45, 7) is 2.06. The van der Waals surface area contributed by atoms with Crippen molar-refractivity contribution < 1.29 is 13.7 Å². The van der Waals surface area contributed by atoms with E-state index in [1.54, 1.807) is 12.1 Å². The van der Waals surface area contributed by atoms with Gasteiger partial charge < -0.3 is 14.6 Å². The van der Waals surface area contributed by atoms with Crippen LogP contribution in [0.5, 0.6) is 5.75 Å². The van der Waals surface area contributed by atoms with Gasteiger partial charge in [0.1, 0.15) is 0 Å². The monoisotopic (exact) mass is 379 g/mol. The van der Waals surface area contributed by atoms with Gasteiger partial charge >= 0.3 is 0 Å². The van der Waals surface area contributed by atoms with Gasteiger partial charge in [-0.25, -0.2) is 4.39 Å². The molecule has 0 saturated heterocycles. The molecule has 1 aromatic heterocycles. The Morgan fingerprint density at radius 2 is 2.24 bits per heavy atom. The topological polar surface area (TPSA) is 60.2 Å². The van der Waals surface area contributed by atoms with Crippen LogP contribution in [0.1, 0.15) is 18.6 Å². The van der Waals surface area contributed by atoms with Crippen LogP contribution in [0, 0.1) is 5.82 Å². The van der Waals surface area contributed by atoms with Crippen molar-refractivity contribution in [2.45, 2.75) is 26.0 Å². The van der Waals surface area contributed by atoms with Gasteiger partial charge in [-0.15, -0.1) is 12.4 Å². The van der Waals surface area contributed by atoms with E-state index in [-0.39, 0.29) is 30.8 Å². The summed E-state index contributed by atoms with van der Waals surface area (Å²) < 4.78 is 24.6. The molecule has 8 heteroatoms. The first-order chi connectivity index (χ1) is 9.58. The summed E-state index contributed by atoms with van der Waals surface area (Å²) in [5, 5.41) is 6.93. The van der Waals surface area contributed by atoms with Gasteiger partial charge in [0, 0.05) is 16.9 Å². The summed E-state index contributed by atoms with van der Waals surface area (Å²) in [6, 6.07) is 4.83. The normalized spacial score (nSPS) is 11.8. The summed E-state index contributed by atoms with van der Waals surface area (Å²) in [5.74, 6) is 0.631. The molecule has 0 saturated carbocycles. The average Bonchev–Trinajstić information content (AvgIpc) is 2.85. The predicted octanol–water partition coefficient (Wildman–Crippen LogP) is 3.12. The minimum Gasteiger partial charge on any atom is -0.481 e. The van der Waals surface area contributed by atoms with Gasteiger partial charge in [0.2, 0.25) is 0 Å². The zero-order valence-electron chi connectivity index (χ0n) is 11.6. The van der Waals surface area contributed by atoms with Crippen molar-refractivity contribution >= 4 is 28.3 Å². The molecule has 0 spiro atoms. The van der Waals surface area contributed by atoms with Gasteiger partial charge in [0.15, 0.2) is 24.0 Å². The Labute approximate surface area is 136 Å². The molecule has 1 N–H and O–H groups in total. The van der Waals surface area contributed by atoms with Crippen LogP contribution < -0.4 is 10.1 Å². The van der Waals surface area contributed by atoms with Crippen LogP contribution in [0.4, 0.5) is 4.39 Å². The van der Waals surface area contributed by atoms with Crippen LogP contribution in [0.25, 0.3) is 0 Å². The van der Waals surface area contributed by atoms with Crippen molar-refractivity contribution in [2.75, 3.05) is 7.05 Å². The van der Waals surface area contributed by atoms with Crippen LogP contribution in [0.2, 0.25) is 0 Å². The zero-order chi connectivity index (χ0) is 14.5. The fourth-order valence-corrected chi connectivity index (χ4v) is 1.87. The van der Waals surface area contributed by atoms with E-state index in [2.05, 4.69) is 31.4 Å². The first-order valence-corrected chi connectivity index (χ1v) is 6.94. The van der Waals surface area contributed by atoms with Crippen molar-refractivity contribution in [1.29, 1.82) is 0 Å². The van der Waals surface area contributed by atoms with Gasteiger partial charge in [0.25, 0.3) is 5.89 Å². The van der Waals surface area contributed by atoms with Gasteiger partial charge in [-0.2, -0.15) is 4.98 Å². The number of hydrogen-bond acceptors (Lipinski definition) is 5. The summed E-state index contributed by atoms with van der Waals surface area (Å²) in [5.41, 5.74) is 0. The van der Waals surface area contributed by atoms with E-state index in [1.165, 1.54) is 6.07 Å². The molecule has 2 aromatic rings. The lowest BCUT2D eigenvalue weighted by Gasteiger charge is -2.05. The Bertz CT molecular complexity index is 582. The molecule has 1 unspecified atom stereocenters. The predicted molar refractivity (Wildman–Crippen MR) is 82.2 cm³/mol. The number of nitrogens with zero attached hydrogens (tertiary/aromatic N) is 2. The molecule has 5 nitrogen and oxygen atoms in total. The summed E-state index contributed by atoms with van der Waals surface area (Å²) in [6.07, 6.45) is 0.659. The first-order valence-electron chi connectivity index (χ1n) is 6.15. The highest BCUT2D eigenvalue weighted by Crippen LogP contribution is 2.22. The SMILES string of the molecule is CNC(C)Cc1noc(COc2ccc(Br)cc2F)n1.Cl. The molecular weight excluding hydrogens is 365 g/mol. The highest BCUT2D eigenvalue weighted by molar-refractivity contribution is 9.10. The van der Waals surface area contributed by atoms with Crippen molar-refractivity contribution in [3.8, 4) is 5.75 Å². The van der Waals surface area contributed by atoms with Crippen LogP contribution in [-0.2, 0) is 13.0 Å². The highest BCUT2D eigenvalue weighted by atomic mass is 79.9. The molecule has 1 heterocycles. The molecule has 116 valence electrons. The third-order valence-electron chi connectivity index (χ3n) is 2.74. The number of nitrogens with one attached hydrogen (secondary N) is 1. The van der Waals surface area contributed by atoms with Gasteiger partial charge in [-0.1, -0.05) is 21.1 Å². The quantitative estimate of drug-likeness (QED) is 0.834. The van der Waals surface area contributed by atoms with Gasteiger partial charge in [0.05, 0.1) is 0 Å². The molecule has 0 radical (unpaired) electrons. The van der Waals surface area contributed by atoms with E-state index in [0.29, 0.717) is 22.6 Å². The number of hydrogen-bond donors (Lipinski definition) is 1. The minimum absolute atomic E-state index is 0. The zero-order valence-corrected chi connectivity index (χ0v) is 14.0. The first kappa shape index (κ1) is 17.9. The van der Waals surface area contributed by atoms with Crippen molar-refractivity contribution in [2.24, 2.45) is 0 Å². The van der Waals surface area contributed by atoms with E-state index < -0.39 is 5.82 Å². The Kier molecular flexibility index (Phi) is 7.07. The van der Waals surface area contributed by atoms with Gasteiger partial charge in [-0.05, 0) is 32.2 Å². The second kappa shape index (κ2) is 8.31. The van der Waals surface area contributed by atoms with Gasteiger partial charge in [-0.3, -0.25) is 0 Å². The molecule has 0 aliphatic carbocycles. The third-order valence-corrected chi connectivity index (χ3v) is 3.23. The second-order valence-corrected chi connectivity index (χ2v) is 5.28. The molecule has 1 atom stereocenters. The molecule has 0 fully saturated rings. The molecule has 2 rings (SSSR count). The minimum atomic E-state index is -0.442. The largest absolute Gasteiger partial charge is 0.481 e. The van der Waals surface area contributed by atoms with E-state index in [0.717, 1.165) is 0 Å². The number of rotatable bonds is 6. The molecule has 0 aliphatic heterocycles. The van der Waals surface area contributed by atoms with Crippen molar-refractivity contribution in [3.63, 3.8) is 0 Å². The van der Waals surface area contributed by atoms with Crippen molar-refractivity contribution in [1.82, 2.24) is 15.5 Å². The van der Waals surface area contributed by atoms with Crippen LogP contribution in [0.15, 0.2) is 27.2 Å². The maximum absolute atomic E-state index is 13.5. The summed E-state index contributed by atoms with van der Waals surface area (Å²) in [7, 11) is 1.87. The lowest BCUT2D eigenvalue weighted by molar-refractivity contribution is 0.234. The highest BCUT2D eigenvalue weighted by Gasteiger charge is 2.11. The average molecular weight is 381 g/mol. The molecule has 21 heavy (non-hydrogen) atoms. The molecular formula is C13H16BrClFN3O2. The fourth-order valence-electron chi connectivity index (χ4n) is 1.54. The van der Waals surface area contributed by atoms with E-state index in [9.17, 15) is 4.39 Å². The fraction of sp³-hybridized carbons (Fsp3) is 0.385. The number of halogens is 3. The maximum atomic E-state index is 13.5. The lowest BCUT2D eigenvalue weighted by Crippen LogP contribution is -2.24. The second-order valence-electron chi connectivity index (χ2n) is 4.36. The van der Waals surface area contributed by atoms with Crippen molar-refractivity contribution in [3.05, 3.63) is 40.2 Å². The Morgan fingerprint density at radius 1 is 1.48 bits per heavy atom.